The van der Waals surface area contributed by atoms with Gasteiger partial charge in [-0.25, -0.2) is 9.37 Å². The Hall–Kier alpha value is -2.08. The number of aromatic nitrogens is 1. The maximum Gasteiger partial charge on any atom is 0.257 e. The highest BCUT2D eigenvalue weighted by molar-refractivity contribution is 7.99. The Bertz CT molecular complexity index is 763. The van der Waals surface area contributed by atoms with Gasteiger partial charge in [-0.15, -0.1) is 11.8 Å². The number of amides is 1. The average molecular weight is 374 g/mol. The summed E-state index contributed by atoms with van der Waals surface area (Å²) in [7, 11) is 0. The van der Waals surface area contributed by atoms with Crippen LogP contribution in [-0.4, -0.2) is 22.7 Å². The minimum absolute atomic E-state index is 0.123. The van der Waals surface area contributed by atoms with Crippen molar-refractivity contribution in [2.45, 2.75) is 50.0 Å². The van der Waals surface area contributed by atoms with Crippen LogP contribution < -0.4 is 10.1 Å². The van der Waals surface area contributed by atoms with Crippen LogP contribution in [0.4, 0.5) is 4.39 Å². The third kappa shape index (κ3) is 4.97. The first-order valence-electron chi connectivity index (χ1n) is 9.03. The summed E-state index contributed by atoms with van der Waals surface area (Å²) in [6, 6.07) is 8.89. The van der Waals surface area contributed by atoms with Crippen LogP contribution in [0.15, 0.2) is 41.4 Å². The number of nitrogens with one attached hydrogen (secondary N) is 1. The summed E-state index contributed by atoms with van der Waals surface area (Å²) in [5.74, 6) is 0.764. The van der Waals surface area contributed by atoms with Gasteiger partial charge in [0.25, 0.3) is 5.91 Å². The van der Waals surface area contributed by atoms with Crippen molar-refractivity contribution in [2.75, 3.05) is 5.75 Å². The van der Waals surface area contributed by atoms with Gasteiger partial charge in [0, 0.05) is 10.9 Å². The number of carbonyl (C=O) groups is 1. The van der Waals surface area contributed by atoms with E-state index in [-0.39, 0.29) is 23.4 Å². The molecule has 1 fully saturated rings. The Kier molecular flexibility index (Phi) is 6.50. The van der Waals surface area contributed by atoms with Crippen LogP contribution in [0.1, 0.15) is 49.4 Å². The molecule has 0 unspecified atom stereocenters. The summed E-state index contributed by atoms with van der Waals surface area (Å²) < 4.78 is 19.5. The number of thioether (sulfide) groups is 1. The first kappa shape index (κ1) is 18.7. The second kappa shape index (κ2) is 9.03. The van der Waals surface area contributed by atoms with Crippen molar-refractivity contribution in [1.82, 2.24) is 10.3 Å². The molecule has 138 valence electrons. The maximum atomic E-state index is 13.7. The number of ether oxygens (including phenoxy) is 1. The molecule has 3 rings (SSSR count). The summed E-state index contributed by atoms with van der Waals surface area (Å²) in [5.41, 5.74) is 0.129. The van der Waals surface area contributed by atoms with Crippen molar-refractivity contribution in [3.8, 4) is 11.6 Å². The van der Waals surface area contributed by atoms with Crippen molar-refractivity contribution in [1.29, 1.82) is 0 Å². The number of hydrogen-bond donors (Lipinski definition) is 1. The van der Waals surface area contributed by atoms with E-state index in [1.807, 2.05) is 18.2 Å². The fourth-order valence-electron chi connectivity index (χ4n) is 3.09. The normalized spacial score (nSPS) is 14.8. The SMILES string of the molecule is CCSc1cccc(Oc2ncc(F)cc2C(=O)NC2CCCCC2)c1. The van der Waals surface area contributed by atoms with Crippen molar-refractivity contribution in [3.05, 3.63) is 47.9 Å². The molecule has 1 saturated carbocycles. The van der Waals surface area contributed by atoms with Gasteiger partial charge in [0.05, 0.1) is 6.20 Å². The fraction of sp³-hybridized carbons (Fsp3) is 0.400. The number of benzene rings is 1. The molecule has 1 heterocycles. The maximum absolute atomic E-state index is 13.7. The van der Waals surface area contributed by atoms with Gasteiger partial charge in [-0.1, -0.05) is 32.3 Å². The zero-order valence-corrected chi connectivity index (χ0v) is 15.7. The van der Waals surface area contributed by atoms with Crippen molar-refractivity contribution in [3.63, 3.8) is 0 Å². The minimum Gasteiger partial charge on any atom is -0.438 e. The molecule has 2 aromatic rings. The van der Waals surface area contributed by atoms with Crippen LogP contribution in [0.3, 0.4) is 0 Å². The zero-order valence-electron chi connectivity index (χ0n) is 14.8. The number of rotatable bonds is 6. The monoisotopic (exact) mass is 374 g/mol. The summed E-state index contributed by atoms with van der Waals surface area (Å²) in [6.45, 7) is 2.08. The second-order valence-electron chi connectivity index (χ2n) is 6.32. The molecule has 0 aliphatic heterocycles. The molecule has 1 aliphatic rings. The molecule has 26 heavy (non-hydrogen) atoms. The molecule has 0 spiro atoms. The Morgan fingerprint density at radius 1 is 1.31 bits per heavy atom. The molecular formula is C20H23FN2O2S. The summed E-state index contributed by atoms with van der Waals surface area (Å²) >= 11 is 1.70. The van der Waals surface area contributed by atoms with Crippen molar-refractivity contribution < 1.29 is 13.9 Å². The molecule has 0 saturated heterocycles. The van der Waals surface area contributed by atoms with Crippen molar-refractivity contribution in [2.24, 2.45) is 0 Å². The van der Waals surface area contributed by atoms with Gasteiger partial charge in [-0.05, 0) is 42.9 Å². The zero-order chi connectivity index (χ0) is 18.4. The van der Waals surface area contributed by atoms with Gasteiger partial charge in [-0.3, -0.25) is 4.79 Å². The molecule has 0 atom stereocenters. The predicted octanol–water partition coefficient (Wildman–Crippen LogP) is 5.19. The summed E-state index contributed by atoms with van der Waals surface area (Å²) in [6.07, 6.45) is 6.41. The Morgan fingerprint density at radius 3 is 2.88 bits per heavy atom. The van der Waals surface area contributed by atoms with Crippen LogP contribution in [0.25, 0.3) is 0 Å². The third-order valence-corrected chi connectivity index (χ3v) is 5.21. The van der Waals surface area contributed by atoms with Gasteiger partial charge in [0.15, 0.2) is 0 Å². The molecule has 1 amide bonds. The number of nitrogens with zero attached hydrogens (tertiary/aromatic N) is 1. The highest BCUT2D eigenvalue weighted by atomic mass is 32.2. The highest BCUT2D eigenvalue weighted by Gasteiger charge is 2.21. The number of carbonyl (C=O) groups excluding carboxylic acids is 1. The molecule has 1 aliphatic carbocycles. The van der Waals surface area contributed by atoms with Gasteiger partial charge in [-0.2, -0.15) is 0 Å². The Labute approximate surface area is 157 Å². The first-order valence-corrected chi connectivity index (χ1v) is 10.0. The lowest BCUT2D eigenvalue weighted by Gasteiger charge is -2.23. The third-order valence-electron chi connectivity index (χ3n) is 4.33. The van der Waals surface area contributed by atoms with Gasteiger partial charge < -0.3 is 10.1 Å². The molecule has 1 aromatic carbocycles. The second-order valence-corrected chi connectivity index (χ2v) is 7.66. The molecule has 0 radical (unpaired) electrons. The molecule has 4 nitrogen and oxygen atoms in total. The van der Waals surface area contributed by atoms with Crippen molar-refractivity contribution >= 4 is 17.7 Å². The standard InChI is InChI=1S/C20H23FN2O2S/c1-2-26-17-10-6-9-16(12-17)25-20-18(11-14(21)13-22-20)19(24)23-15-7-4-3-5-8-15/h6,9-13,15H,2-5,7-8H2,1H3,(H,23,24). The van der Waals surface area contributed by atoms with E-state index in [1.165, 1.54) is 12.5 Å². The number of halogens is 1. The first-order chi connectivity index (χ1) is 12.7. The minimum atomic E-state index is -0.554. The van der Waals surface area contributed by atoms with Crippen LogP contribution in [-0.2, 0) is 0 Å². The Morgan fingerprint density at radius 2 is 2.12 bits per heavy atom. The van der Waals surface area contributed by atoms with E-state index in [4.69, 9.17) is 4.74 Å². The Balaban J connectivity index is 1.79. The molecule has 1 aromatic heterocycles. The van der Waals surface area contributed by atoms with E-state index < -0.39 is 5.82 Å². The largest absolute Gasteiger partial charge is 0.438 e. The van der Waals surface area contributed by atoms with Crippen LogP contribution in [0.2, 0.25) is 0 Å². The number of hydrogen-bond acceptors (Lipinski definition) is 4. The van der Waals surface area contributed by atoms with Gasteiger partial charge in [0.2, 0.25) is 5.88 Å². The molecule has 1 N–H and O–H groups in total. The molecule has 6 heteroatoms. The molecule has 0 bridgehead atoms. The molecular weight excluding hydrogens is 351 g/mol. The predicted molar refractivity (Wildman–Crippen MR) is 101 cm³/mol. The van der Waals surface area contributed by atoms with E-state index in [0.29, 0.717) is 5.75 Å². The van der Waals surface area contributed by atoms with Crippen LogP contribution in [0.5, 0.6) is 11.6 Å². The van der Waals surface area contributed by atoms with Crippen LogP contribution in [0, 0.1) is 5.82 Å². The van der Waals surface area contributed by atoms with E-state index in [9.17, 15) is 9.18 Å². The van der Waals surface area contributed by atoms with E-state index >= 15 is 0 Å². The average Bonchev–Trinajstić information content (AvgIpc) is 2.64. The smallest absolute Gasteiger partial charge is 0.257 e. The highest BCUT2D eigenvalue weighted by Crippen LogP contribution is 2.28. The summed E-state index contributed by atoms with van der Waals surface area (Å²) in [5, 5.41) is 2.99. The van der Waals surface area contributed by atoms with Gasteiger partial charge in [0.1, 0.15) is 17.1 Å². The van der Waals surface area contributed by atoms with E-state index in [2.05, 4.69) is 17.2 Å². The van der Waals surface area contributed by atoms with Crippen LogP contribution >= 0.6 is 11.8 Å². The lowest BCUT2D eigenvalue weighted by Crippen LogP contribution is -2.36. The summed E-state index contributed by atoms with van der Waals surface area (Å²) in [4.78, 5) is 17.7. The lowest BCUT2D eigenvalue weighted by atomic mass is 9.95. The topological polar surface area (TPSA) is 51.2 Å². The lowest BCUT2D eigenvalue weighted by molar-refractivity contribution is 0.0924. The quantitative estimate of drug-likeness (QED) is 0.707. The number of pyridine rings is 1. The fourth-order valence-corrected chi connectivity index (χ4v) is 3.79. The van der Waals surface area contributed by atoms with E-state index in [0.717, 1.165) is 42.5 Å². The van der Waals surface area contributed by atoms with E-state index in [1.54, 1.807) is 17.8 Å². The van der Waals surface area contributed by atoms with Gasteiger partial charge >= 0.3 is 0 Å².